The van der Waals surface area contributed by atoms with Crippen molar-refractivity contribution in [1.82, 2.24) is 15.1 Å². The van der Waals surface area contributed by atoms with E-state index >= 15 is 0 Å². The van der Waals surface area contributed by atoms with Gasteiger partial charge in [-0.05, 0) is 59.0 Å². The fourth-order valence-electron chi connectivity index (χ4n) is 3.24. The summed E-state index contributed by atoms with van der Waals surface area (Å²) in [5.74, 6) is 1.10. The Balaban J connectivity index is 1.74. The van der Waals surface area contributed by atoms with Gasteiger partial charge in [0.1, 0.15) is 0 Å². The molecule has 0 bridgehead atoms. The van der Waals surface area contributed by atoms with Crippen LogP contribution in [0.1, 0.15) is 46.0 Å². The summed E-state index contributed by atoms with van der Waals surface area (Å²) in [4.78, 5) is 17.0. The lowest BCUT2D eigenvalue weighted by Crippen LogP contribution is -2.51. The van der Waals surface area contributed by atoms with Gasteiger partial charge in [0.25, 0.3) is 0 Å². The van der Waals surface area contributed by atoms with E-state index in [4.69, 9.17) is 0 Å². The van der Waals surface area contributed by atoms with Crippen molar-refractivity contribution >= 4 is 5.91 Å². The van der Waals surface area contributed by atoms with Gasteiger partial charge in [-0.15, -0.1) is 0 Å². The predicted molar refractivity (Wildman–Crippen MR) is 82.7 cm³/mol. The number of nitrogens with one attached hydrogen (secondary N) is 1. The minimum atomic E-state index is 0.0960. The quantitative estimate of drug-likeness (QED) is 0.852. The Morgan fingerprint density at radius 2 is 1.95 bits per heavy atom. The van der Waals surface area contributed by atoms with Crippen LogP contribution in [0.2, 0.25) is 0 Å². The van der Waals surface area contributed by atoms with Gasteiger partial charge in [-0.1, -0.05) is 6.42 Å². The maximum atomic E-state index is 12.4. The summed E-state index contributed by atoms with van der Waals surface area (Å²) in [6.07, 6.45) is 5.76. The number of piperidine rings is 2. The number of nitrogens with zero attached hydrogens (tertiary/aromatic N) is 2. The monoisotopic (exact) mass is 281 g/mol. The number of hydrogen-bond donors (Lipinski definition) is 1. The van der Waals surface area contributed by atoms with Crippen LogP contribution in [0, 0.1) is 5.92 Å². The highest BCUT2D eigenvalue weighted by atomic mass is 16.2. The summed E-state index contributed by atoms with van der Waals surface area (Å²) < 4.78 is 0. The van der Waals surface area contributed by atoms with Crippen LogP contribution in [0.3, 0.4) is 0 Å². The van der Waals surface area contributed by atoms with Crippen molar-refractivity contribution in [2.45, 2.75) is 58.0 Å². The van der Waals surface area contributed by atoms with E-state index in [1.807, 2.05) is 0 Å². The molecular weight excluding hydrogens is 250 g/mol. The molecule has 0 radical (unpaired) electrons. The van der Waals surface area contributed by atoms with Gasteiger partial charge >= 0.3 is 0 Å². The summed E-state index contributed by atoms with van der Waals surface area (Å²) in [5, 5.41) is 3.38. The third kappa shape index (κ3) is 4.19. The van der Waals surface area contributed by atoms with Crippen molar-refractivity contribution in [3.8, 4) is 0 Å². The Bertz CT molecular complexity index is 305. The lowest BCUT2D eigenvalue weighted by molar-refractivity contribution is -0.135. The van der Waals surface area contributed by atoms with Crippen LogP contribution < -0.4 is 5.32 Å². The van der Waals surface area contributed by atoms with Gasteiger partial charge in [-0.3, -0.25) is 4.79 Å². The predicted octanol–water partition coefficient (Wildman–Crippen LogP) is 1.71. The molecule has 4 heteroatoms. The molecule has 4 nitrogen and oxygen atoms in total. The van der Waals surface area contributed by atoms with Crippen LogP contribution in [0.5, 0.6) is 0 Å². The molecule has 2 aliphatic rings. The molecular formula is C16H31N3O. The molecule has 0 unspecified atom stereocenters. The van der Waals surface area contributed by atoms with Crippen molar-refractivity contribution in [3.63, 3.8) is 0 Å². The van der Waals surface area contributed by atoms with Crippen LogP contribution in [0.4, 0.5) is 0 Å². The van der Waals surface area contributed by atoms with Crippen molar-refractivity contribution < 1.29 is 4.79 Å². The Kier molecular flexibility index (Phi) is 5.85. The highest BCUT2D eigenvalue weighted by Crippen LogP contribution is 2.20. The highest BCUT2D eigenvalue weighted by molar-refractivity contribution is 5.82. The Morgan fingerprint density at radius 1 is 1.25 bits per heavy atom. The highest BCUT2D eigenvalue weighted by Gasteiger charge is 2.29. The number of carbonyl (C=O) groups is 1. The first-order valence-corrected chi connectivity index (χ1v) is 8.30. The third-order valence-electron chi connectivity index (χ3n) is 4.96. The second kappa shape index (κ2) is 7.41. The average Bonchev–Trinajstić information content (AvgIpc) is 2.48. The maximum absolute atomic E-state index is 12.4. The number of amides is 1. The third-order valence-corrected chi connectivity index (χ3v) is 4.96. The number of hydrogen-bond acceptors (Lipinski definition) is 3. The first-order chi connectivity index (χ1) is 9.58. The van der Waals surface area contributed by atoms with E-state index in [-0.39, 0.29) is 6.04 Å². The molecule has 2 heterocycles. The minimum absolute atomic E-state index is 0.0960. The van der Waals surface area contributed by atoms with Gasteiger partial charge in [0.05, 0.1) is 6.04 Å². The first kappa shape index (κ1) is 15.8. The lowest BCUT2D eigenvalue weighted by atomic mass is 9.94. The lowest BCUT2D eigenvalue weighted by Gasteiger charge is -2.37. The van der Waals surface area contributed by atoms with E-state index in [1.165, 1.54) is 19.4 Å². The molecule has 0 aromatic heterocycles. The molecule has 0 saturated carbocycles. The van der Waals surface area contributed by atoms with E-state index < -0.39 is 0 Å². The fourth-order valence-corrected chi connectivity index (χ4v) is 3.24. The molecule has 0 spiro atoms. The van der Waals surface area contributed by atoms with E-state index in [0.717, 1.165) is 44.8 Å². The molecule has 2 saturated heterocycles. The molecule has 2 rings (SSSR count). The zero-order valence-electron chi connectivity index (χ0n) is 13.4. The zero-order chi connectivity index (χ0) is 14.5. The molecule has 20 heavy (non-hydrogen) atoms. The molecule has 116 valence electrons. The average molecular weight is 281 g/mol. The molecule has 0 aromatic carbocycles. The van der Waals surface area contributed by atoms with Crippen LogP contribution in [-0.4, -0.2) is 61.0 Å². The van der Waals surface area contributed by atoms with Crippen LogP contribution >= 0.6 is 0 Å². The number of likely N-dealkylation sites (tertiary alicyclic amines) is 1. The van der Waals surface area contributed by atoms with E-state index in [0.29, 0.717) is 11.9 Å². The van der Waals surface area contributed by atoms with Gasteiger partial charge < -0.3 is 15.1 Å². The maximum Gasteiger partial charge on any atom is 0.239 e. The zero-order valence-corrected chi connectivity index (χ0v) is 13.4. The second-order valence-electron chi connectivity index (χ2n) is 6.80. The molecule has 0 aromatic rings. The van der Waals surface area contributed by atoms with Gasteiger partial charge in [-0.25, -0.2) is 0 Å². The summed E-state index contributed by atoms with van der Waals surface area (Å²) in [6.45, 7) is 8.56. The van der Waals surface area contributed by atoms with Crippen molar-refractivity contribution in [2.24, 2.45) is 5.92 Å². The molecule has 2 aliphatic heterocycles. The summed E-state index contributed by atoms with van der Waals surface area (Å²) in [7, 11) is 2.20. The fraction of sp³-hybridized carbons (Fsp3) is 0.938. The van der Waals surface area contributed by atoms with E-state index in [9.17, 15) is 4.79 Å². The summed E-state index contributed by atoms with van der Waals surface area (Å²) >= 11 is 0. The van der Waals surface area contributed by atoms with Crippen LogP contribution in [-0.2, 0) is 4.79 Å². The van der Waals surface area contributed by atoms with Crippen molar-refractivity contribution in [2.75, 3.05) is 33.2 Å². The van der Waals surface area contributed by atoms with Gasteiger partial charge in [-0.2, -0.15) is 0 Å². The van der Waals surface area contributed by atoms with Gasteiger partial charge in [0.15, 0.2) is 0 Å². The Morgan fingerprint density at radius 3 is 2.50 bits per heavy atom. The molecule has 0 aliphatic carbocycles. The van der Waals surface area contributed by atoms with Crippen LogP contribution in [0.15, 0.2) is 0 Å². The molecule has 1 atom stereocenters. The molecule has 2 fully saturated rings. The van der Waals surface area contributed by atoms with Gasteiger partial charge in [0.2, 0.25) is 5.91 Å². The number of carbonyl (C=O) groups excluding carboxylic acids is 1. The van der Waals surface area contributed by atoms with Crippen LogP contribution in [0.25, 0.3) is 0 Å². The minimum Gasteiger partial charge on any atom is -0.341 e. The normalized spacial score (nSPS) is 25.4. The second-order valence-corrected chi connectivity index (χ2v) is 6.80. The summed E-state index contributed by atoms with van der Waals surface area (Å²) in [5.41, 5.74) is 0. The standard InChI is InChI=1S/C16H31N3O/c1-13(2)18(3)12-14-7-10-19(11-8-14)16(20)15-6-4-5-9-17-15/h13-15,17H,4-12H2,1-3H3/t15-/m0/s1. The smallest absolute Gasteiger partial charge is 0.239 e. The number of rotatable bonds is 4. The van der Waals surface area contributed by atoms with Gasteiger partial charge in [0, 0.05) is 25.7 Å². The van der Waals surface area contributed by atoms with E-state index in [1.54, 1.807) is 0 Å². The Labute approximate surface area is 123 Å². The Hall–Kier alpha value is -0.610. The largest absolute Gasteiger partial charge is 0.341 e. The topological polar surface area (TPSA) is 35.6 Å². The summed E-state index contributed by atoms with van der Waals surface area (Å²) in [6, 6.07) is 0.708. The SMILES string of the molecule is CC(C)N(C)CC1CCN(C(=O)[C@@H]2CCCCN2)CC1. The molecule has 1 amide bonds. The van der Waals surface area contributed by atoms with E-state index in [2.05, 4.69) is 36.0 Å². The van der Waals surface area contributed by atoms with Crippen molar-refractivity contribution in [3.05, 3.63) is 0 Å². The van der Waals surface area contributed by atoms with Crippen molar-refractivity contribution in [1.29, 1.82) is 0 Å². The molecule has 1 N–H and O–H groups in total. The first-order valence-electron chi connectivity index (χ1n) is 8.30.